The summed E-state index contributed by atoms with van der Waals surface area (Å²) < 4.78 is 4.55. The lowest BCUT2D eigenvalue weighted by molar-refractivity contribution is -0.142. The van der Waals surface area contributed by atoms with Crippen LogP contribution in [-0.2, 0) is 27.2 Å². The van der Waals surface area contributed by atoms with E-state index in [1.54, 1.807) is 13.8 Å². The molecule has 1 amide bonds. The SMILES string of the molecule is CCOC(=O)CC.NC(=O)CCc1cccc(Cc2ccccc2)c1. The fraction of sp³-hybridized carbons (Fsp3) is 0.333. The number of hydrogen-bond donors (Lipinski definition) is 1. The van der Waals surface area contributed by atoms with Crippen LogP contribution in [0.4, 0.5) is 0 Å². The number of carbonyl (C=O) groups excluding carboxylic acids is 2. The third-order valence-corrected chi connectivity index (χ3v) is 3.50. The predicted molar refractivity (Wildman–Crippen MR) is 100 cm³/mol. The zero-order chi connectivity index (χ0) is 18.5. The normalized spacial score (nSPS) is 9.68. The van der Waals surface area contributed by atoms with Crippen LogP contribution in [0.5, 0.6) is 0 Å². The first-order chi connectivity index (χ1) is 12.0. The Bertz CT molecular complexity index is 653. The average Bonchev–Trinajstić information content (AvgIpc) is 2.62. The van der Waals surface area contributed by atoms with Crippen molar-refractivity contribution in [3.63, 3.8) is 0 Å². The Kier molecular flexibility index (Phi) is 9.68. The highest BCUT2D eigenvalue weighted by atomic mass is 16.5. The molecule has 0 spiro atoms. The van der Waals surface area contributed by atoms with E-state index in [2.05, 4.69) is 29.0 Å². The molecule has 0 aromatic heterocycles. The summed E-state index contributed by atoms with van der Waals surface area (Å²) in [6, 6.07) is 18.7. The Morgan fingerprint density at radius 3 is 2.12 bits per heavy atom. The van der Waals surface area contributed by atoms with Crippen molar-refractivity contribution >= 4 is 11.9 Å². The molecular weight excluding hydrogens is 314 g/mol. The van der Waals surface area contributed by atoms with Crippen LogP contribution in [0, 0.1) is 0 Å². The van der Waals surface area contributed by atoms with Crippen LogP contribution < -0.4 is 5.73 Å². The second-order valence-corrected chi connectivity index (χ2v) is 5.61. The van der Waals surface area contributed by atoms with Crippen LogP contribution in [0.25, 0.3) is 0 Å². The van der Waals surface area contributed by atoms with E-state index in [1.807, 2.05) is 30.3 Å². The quantitative estimate of drug-likeness (QED) is 0.782. The summed E-state index contributed by atoms with van der Waals surface area (Å²) >= 11 is 0. The molecule has 0 atom stereocenters. The van der Waals surface area contributed by atoms with E-state index in [-0.39, 0.29) is 11.9 Å². The van der Waals surface area contributed by atoms with Crippen LogP contribution in [0.1, 0.15) is 43.4 Å². The van der Waals surface area contributed by atoms with Gasteiger partial charge in [0.25, 0.3) is 0 Å². The lowest BCUT2D eigenvalue weighted by Crippen LogP contribution is -2.11. The maximum absolute atomic E-state index is 10.8. The van der Waals surface area contributed by atoms with Crippen molar-refractivity contribution in [3.8, 4) is 0 Å². The minimum Gasteiger partial charge on any atom is -0.466 e. The fourth-order valence-electron chi connectivity index (χ4n) is 2.26. The first-order valence-electron chi connectivity index (χ1n) is 8.60. The molecule has 2 aromatic carbocycles. The standard InChI is InChI=1S/C16H17NO.C5H10O2/c17-16(18)10-9-14-7-4-8-15(12-14)11-13-5-2-1-3-6-13;1-3-5(6)7-4-2/h1-8,12H,9-11H2,(H2,17,18);3-4H2,1-2H3. The van der Waals surface area contributed by atoms with Crippen molar-refractivity contribution in [2.45, 2.75) is 39.5 Å². The Balaban J connectivity index is 0.000000381. The van der Waals surface area contributed by atoms with Gasteiger partial charge in [-0.3, -0.25) is 9.59 Å². The van der Waals surface area contributed by atoms with Gasteiger partial charge in [0, 0.05) is 12.8 Å². The summed E-state index contributed by atoms with van der Waals surface area (Å²) in [6.45, 7) is 4.07. The van der Waals surface area contributed by atoms with Gasteiger partial charge in [0.05, 0.1) is 6.61 Å². The van der Waals surface area contributed by atoms with Gasteiger partial charge in [-0.2, -0.15) is 0 Å². The summed E-state index contributed by atoms with van der Waals surface area (Å²) in [7, 11) is 0. The Hall–Kier alpha value is -2.62. The Morgan fingerprint density at radius 2 is 1.56 bits per heavy atom. The van der Waals surface area contributed by atoms with Gasteiger partial charge >= 0.3 is 5.97 Å². The second-order valence-electron chi connectivity index (χ2n) is 5.61. The van der Waals surface area contributed by atoms with Crippen LogP contribution in [0.15, 0.2) is 54.6 Å². The maximum Gasteiger partial charge on any atom is 0.305 e. The predicted octanol–water partition coefficient (Wildman–Crippen LogP) is 3.65. The zero-order valence-electron chi connectivity index (χ0n) is 15.0. The summed E-state index contributed by atoms with van der Waals surface area (Å²) in [5.74, 6) is -0.369. The van der Waals surface area contributed by atoms with Gasteiger partial charge in [0.1, 0.15) is 0 Å². The molecule has 0 saturated carbocycles. The average molecular weight is 341 g/mol. The minimum absolute atomic E-state index is 0.123. The molecule has 0 aliphatic carbocycles. The lowest BCUT2D eigenvalue weighted by atomic mass is 10.0. The smallest absolute Gasteiger partial charge is 0.305 e. The van der Waals surface area contributed by atoms with Crippen molar-refractivity contribution in [1.29, 1.82) is 0 Å². The summed E-state index contributed by atoms with van der Waals surface area (Å²) in [4.78, 5) is 21.0. The van der Waals surface area contributed by atoms with Gasteiger partial charge in [-0.15, -0.1) is 0 Å². The topological polar surface area (TPSA) is 69.4 Å². The largest absolute Gasteiger partial charge is 0.466 e. The number of carbonyl (C=O) groups is 2. The van der Waals surface area contributed by atoms with Crippen LogP contribution in [0.3, 0.4) is 0 Å². The van der Waals surface area contributed by atoms with E-state index in [4.69, 9.17) is 5.73 Å². The minimum atomic E-state index is -0.247. The van der Waals surface area contributed by atoms with Crippen molar-refractivity contribution < 1.29 is 14.3 Å². The van der Waals surface area contributed by atoms with Gasteiger partial charge in [-0.1, -0.05) is 61.5 Å². The van der Waals surface area contributed by atoms with Crippen LogP contribution in [-0.4, -0.2) is 18.5 Å². The first kappa shape index (κ1) is 20.4. The highest BCUT2D eigenvalue weighted by Crippen LogP contribution is 2.12. The highest BCUT2D eigenvalue weighted by molar-refractivity contribution is 5.74. The Labute approximate surface area is 150 Å². The van der Waals surface area contributed by atoms with Crippen molar-refractivity contribution in [3.05, 3.63) is 71.3 Å². The third kappa shape index (κ3) is 9.30. The van der Waals surface area contributed by atoms with E-state index in [1.165, 1.54) is 16.7 Å². The number of benzene rings is 2. The van der Waals surface area contributed by atoms with Gasteiger partial charge in [0.15, 0.2) is 0 Å². The summed E-state index contributed by atoms with van der Waals surface area (Å²) in [6.07, 6.45) is 2.53. The molecule has 4 heteroatoms. The van der Waals surface area contributed by atoms with Crippen LogP contribution >= 0.6 is 0 Å². The van der Waals surface area contributed by atoms with Crippen LogP contribution in [0.2, 0.25) is 0 Å². The molecule has 0 unspecified atom stereocenters. The molecule has 0 fully saturated rings. The van der Waals surface area contributed by atoms with E-state index in [9.17, 15) is 9.59 Å². The van der Waals surface area contributed by atoms with E-state index in [0.717, 1.165) is 12.8 Å². The van der Waals surface area contributed by atoms with Crippen molar-refractivity contribution in [1.82, 2.24) is 0 Å². The monoisotopic (exact) mass is 341 g/mol. The van der Waals surface area contributed by atoms with E-state index in [0.29, 0.717) is 19.4 Å². The van der Waals surface area contributed by atoms with Crippen molar-refractivity contribution in [2.24, 2.45) is 5.73 Å². The molecular formula is C21H27NO3. The summed E-state index contributed by atoms with van der Waals surface area (Å²) in [5, 5.41) is 0. The number of amides is 1. The molecule has 0 aliphatic rings. The van der Waals surface area contributed by atoms with Gasteiger partial charge < -0.3 is 10.5 Å². The molecule has 4 nitrogen and oxygen atoms in total. The fourth-order valence-corrected chi connectivity index (χ4v) is 2.26. The van der Waals surface area contributed by atoms with Gasteiger partial charge in [-0.05, 0) is 36.5 Å². The molecule has 0 bridgehead atoms. The number of nitrogens with two attached hydrogens (primary N) is 1. The number of rotatable bonds is 7. The summed E-state index contributed by atoms with van der Waals surface area (Å²) in [5.41, 5.74) is 8.89. The number of aryl methyl sites for hydroxylation is 1. The number of hydrogen-bond acceptors (Lipinski definition) is 3. The zero-order valence-corrected chi connectivity index (χ0v) is 15.0. The highest BCUT2D eigenvalue weighted by Gasteiger charge is 2.00. The molecule has 2 rings (SSSR count). The Morgan fingerprint density at radius 1 is 0.920 bits per heavy atom. The van der Waals surface area contributed by atoms with E-state index >= 15 is 0 Å². The molecule has 134 valence electrons. The molecule has 0 heterocycles. The number of esters is 1. The molecule has 25 heavy (non-hydrogen) atoms. The maximum atomic E-state index is 10.8. The van der Waals surface area contributed by atoms with Gasteiger partial charge in [0.2, 0.25) is 5.91 Å². The lowest BCUT2D eigenvalue weighted by Gasteiger charge is -2.05. The molecule has 0 radical (unpaired) electrons. The van der Waals surface area contributed by atoms with Gasteiger partial charge in [-0.25, -0.2) is 0 Å². The third-order valence-electron chi connectivity index (χ3n) is 3.50. The molecule has 0 saturated heterocycles. The number of ether oxygens (including phenoxy) is 1. The van der Waals surface area contributed by atoms with Crippen molar-refractivity contribution in [2.75, 3.05) is 6.61 Å². The second kappa shape index (κ2) is 11.8. The molecule has 2 aromatic rings. The number of primary amides is 1. The van der Waals surface area contributed by atoms with E-state index < -0.39 is 0 Å². The molecule has 0 aliphatic heterocycles. The first-order valence-corrected chi connectivity index (χ1v) is 8.60. The molecule has 2 N–H and O–H groups in total.